The number of rotatable bonds is 2. The van der Waals surface area contributed by atoms with E-state index < -0.39 is 0 Å². The van der Waals surface area contributed by atoms with E-state index in [4.69, 9.17) is 0 Å². The van der Waals surface area contributed by atoms with Crippen LogP contribution in [-0.2, 0) is 0 Å². The average Bonchev–Trinajstić information content (AvgIpc) is 2.96. The van der Waals surface area contributed by atoms with Crippen molar-refractivity contribution in [2.75, 3.05) is 28.2 Å². The van der Waals surface area contributed by atoms with Gasteiger partial charge < -0.3 is 9.62 Å². The fourth-order valence-electron chi connectivity index (χ4n) is 1.15. The van der Waals surface area contributed by atoms with Crippen molar-refractivity contribution < 1.29 is 0 Å². The second kappa shape index (κ2) is 42.8. The smallest absolute Gasteiger partial charge is 0.216 e. The van der Waals surface area contributed by atoms with Gasteiger partial charge in [-0.2, -0.15) is 0 Å². The predicted octanol–water partition coefficient (Wildman–Crippen LogP) is 9.74. The van der Waals surface area contributed by atoms with E-state index in [2.05, 4.69) is 65.1 Å². The van der Waals surface area contributed by atoms with Gasteiger partial charge in [0.15, 0.2) is 0 Å². The third-order valence-electron chi connectivity index (χ3n) is 4.07. The third kappa shape index (κ3) is 53.2. The Morgan fingerprint density at radius 3 is 0.361 bits per heavy atom. The Morgan fingerprint density at radius 2 is 0.333 bits per heavy atom. The fraction of sp³-hybridized carbons (Fsp3) is 0.438. The van der Waals surface area contributed by atoms with E-state index >= 15 is 0 Å². The minimum absolute atomic E-state index is 0.685. The largest absolute Gasteiger partial charge is 0.348 e. The Bertz CT molecular complexity index is 453. The van der Waals surface area contributed by atoms with Gasteiger partial charge in [-0.05, 0) is 28.2 Å². The SMILES string of the molecule is CB(C)N(C)C.CB(C)N(C)C.CC.CC.CC.c1ccccc1.c1ccccc1.c1ccccc1. The van der Waals surface area contributed by atoms with Gasteiger partial charge in [-0.15, -0.1) is 0 Å². The Kier molecular flexibility index (Phi) is 52.1. The summed E-state index contributed by atoms with van der Waals surface area (Å²) in [6.45, 7) is 22.0. The van der Waals surface area contributed by atoms with Gasteiger partial charge in [0.2, 0.25) is 13.7 Å². The van der Waals surface area contributed by atoms with Crippen LogP contribution in [0.5, 0.6) is 0 Å². The fourth-order valence-corrected chi connectivity index (χ4v) is 1.15. The summed E-state index contributed by atoms with van der Waals surface area (Å²) in [4.78, 5) is 4.33. The summed E-state index contributed by atoms with van der Waals surface area (Å²) in [5, 5.41) is 0. The van der Waals surface area contributed by atoms with Crippen LogP contribution in [0, 0.1) is 0 Å². The van der Waals surface area contributed by atoms with Crippen LogP contribution < -0.4 is 0 Å². The summed E-state index contributed by atoms with van der Waals surface area (Å²) in [6, 6.07) is 36.0. The zero-order valence-electron chi connectivity index (χ0n) is 26.4. The first-order chi connectivity index (χ1) is 17.3. The summed E-state index contributed by atoms with van der Waals surface area (Å²) in [5.41, 5.74) is 0. The zero-order chi connectivity index (χ0) is 29.0. The molecule has 0 spiro atoms. The van der Waals surface area contributed by atoms with Crippen molar-refractivity contribution in [1.82, 2.24) is 9.62 Å². The first kappa shape index (κ1) is 43.8. The molecule has 3 aromatic carbocycles. The van der Waals surface area contributed by atoms with Crippen molar-refractivity contribution in [1.29, 1.82) is 0 Å². The molecule has 2 nitrogen and oxygen atoms in total. The van der Waals surface area contributed by atoms with Crippen LogP contribution in [0.1, 0.15) is 41.5 Å². The van der Waals surface area contributed by atoms with E-state index in [1.54, 1.807) is 0 Å². The third-order valence-corrected chi connectivity index (χ3v) is 4.07. The second-order valence-electron chi connectivity index (χ2n) is 7.58. The van der Waals surface area contributed by atoms with Gasteiger partial charge in [0.05, 0.1) is 0 Å². The van der Waals surface area contributed by atoms with E-state index in [-0.39, 0.29) is 0 Å². The number of benzene rings is 3. The number of hydrogen-bond acceptors (Lipinski definition) is 2. The Hall–Kier alpha value is -2.29. The number of hydrogen-bond donors (Lipinski definition) is 0. The Morgan fingerprint density at radius 1 is 0.278 bits per heavy atom. The van der Waals surface area contributed by atoms with Crippen LogP contribution in [0.2, 0.25) is 27.3 Å². The molecule has 3 aromatic rings. The monoisotopic (exact) mass is 494 g/mol. The molecule has 0 aliphatic heterocycles. The molecule has 0 aliphatic rings. The molecule has 3 rings (SSSR count). The lowest BCUT2D eigenvalue weighted by molar-refractivity contribution is 0.648. The minimum atomic E-state index is 0.685. The molecule has 0 atom stereocenters. The highest BCUT2D eigenvalue weighted by Crippen LogP contribution is 1.82. The molecule has 0 heterocycles. The number of nitrogens with zero attached hydrogens (tertiary/aromatic N) is 2. The van der Waals surface area contributed by atoms with Gasteiger partial charge in [0.1, 0.15) is 0 Å². The van der Waals surface area contributed by atoms with E-state index in [0.717, 1.165) is 0 Å². The van der Waals surface area contributed by atoms with E-state index in [1.807, 2.05) is 151 Å². The van der Waals surface area contributed by atoms with Crippen LogP contribution in [0.3, 0.4) is 0 Å². The van der Waals surface area contributed by atoms with E-state index in [0.29, 0.717) is 13.7 Å². The van der Waals surface area contributed by atoms with Gasteiger partial charge in [-0.3, -0.25) is 0 Å². The molecule has 0 bridgehead atoms. The molecule has 204 valence electrons. The minimum Gasteiger partial charge on any atom is -0.348 e. The van der Waals surface area contributed by atoms with Crippen molar-refractivity contribution in [3.05, 3.63) is 109 Å². The van der Waals surface area contributed by atoms with Crippen LogP contribution in [0.4, 0.5) is 0 Å². The van der Waals surface area contributed by atoms with Crippen LogP contribution in [-0.4, -0.2) is 51.5 Å². The molecular weight excluding hydrogens is 434 g/mol. The lowest BCUT2D eigenvalue weighted by Gasteiger charge is -2.08. The molecule has 0 saturated carbocycles. The highest BCUT2D eigenvalue weighted by atomic mass is 15.0. The quantitative estimate of drug-likeness (QED) is 0.327. The van der Waals surface area contributed by atoms with Gasteiger partial charge in [0, 0.05) is 0 Å². The zero-order valence-corrected chi connectivity index (χ0v) is 26.4. The Balaban J connectivity index is -0.000000106. The molecule has 0 aliphatic carbocycles. The van der Waals surface area contributed by atoms with Gasteiger partial charge in [-0.25, -0.2) is 0 Å². The highest BCUT2D eigenvalue weighted by Gasteiger charge is 1.97. The summed E-state index contributed by atoms with van der Waals surface area (Å²) >= 11 is 0. The summed E-state index contributed by atoms with van der Waals surface area (Å²) in [7, 11) is 8.30. The molecule has 0 fully saturated rings. The van der Waals surface area contributed by atoms with Crippen LogP contribution in [0.15, 0.2) is 109 Å². The van der Waals surface area contributed by atoms with Crippen molar-refractivity contribution in [3.63, 3.8) is 0 Å². The highest BCUT2D eigenvalue weighted by molar-refractivity contribution is 6.52. The molecule has 0 N–H and O–H groups in total. The standard InChI is InChI=1S/3C6H6.2C4H12BN.3C2H6/c3*1-2-4-6-5-3-1;2*1-5(2)6(3)4;3*1-2/h3*1-6H;2*1-4H3;3*1-2H3. The van der Waals surface area contributed by atoms with Gasteiger partial charge in [0.25, 0.3) is 0 Å². The maximum atomic E-state index is 2.17. The second-order valence-corrected chi connectivity index (χ2v) is 7.58. The summed E-state index contributed by atoms with van der Waals surface area (Å²) in [6.07, 6.45) is 0. The van der Waals surface area contributed by atoms with Crippen molar-refractivity contribution >= 4 is 13.7 Å². The molecule has 0 aromatic heterocycles. The van der Waals surface area contributed by atoms with Crippen LogP contribution >= 0.6 is 0 Å². The van der Waals surface area contributed by atoms with Crippen molar-refractivity contribution in [2.45, 2.75) is 68.8 Å². The topological polar surface area (TPSA) is 6.48 Å². The van der Waals surface area contributed by atoms with Crippen LogP contribution in [0.25, 0.3) is 0 Å². The first-order valence-corrected chi connectivity index (χ1v) is 13.6. The van der Waals surface area contributed by atoms with Crippen molar-refractivity contribution in [3.8, 4) is 0 Å². The average molecular weight is 494 g/mol. The lowest BCUT2D eigenvalue weighted by Crippen LogP contribution is -2.25. The normalized spacial score (nSPS) is 7.67. The molecule has 36 heavy (non-hydrogen) atoms. The van der Waals surface area contributed by atoms with Crippen molar-refractivity contribution in [2.24, 2.45) is 0 Å². The molecule has 0 unspecified atom stereocenters. The van der Waals surface area contributed by atoms with E-state index in [9.17, 15) is 0 Å². The summed E-state index contributed by atoms with van der Waals surface area (Å²) < 4.78 is 0. The van der Waals surface area contributed by atoms with Gasteiger partial charge in [-0.1, -0.05) is 178 Å². The predicted molar refractivity (Wildman–Crippen MR) is 176 cm³/mol. The maximum absolute atomic E-state index is 2.17. The Labute approximate surface area is 229 Å². The molecule has 0 saturated heterocycles. The maximum Gasteiger partial charge on any atom is 0.216 e. The van der Waals surface area contributed by atoms with E-state index in [1.165, 1.54) is 0 Å². The first-order valence-electron chi connectivity index (χ1n) is 13.6. The molecule has 0 amide bonds. The lowest BCUT2D eigenvalue weighted by atomic mass is 9.67. The molecule has 4 heteroatoms. The molecule has 0 radical (unpaired) electrons. The summed E-state index contributed by atoms with van der Waals surface area (Å²) in [5.74, 6) is 0. The van der Waals surface area contributed by atoms with Gasteiger partial charge >= 0.3 is 0 Å². The molecular formula is C32H60B2N2.